The molecule has 35 heavy (non-hydrogen) atoms. The fourth-order valence-electron chi connectivity index (χ4n) is 5.87. The van der Waals surface area contributed by atoms with Gasteiger partial charge in [0.1, 0.15) is 5.75 Å². The van der Waals surface area contributed by atoms with E-state index in [-0.39, 0.29) is 6.42 Å². The quantitative estimate of drug-likeness (QED) is 0.396. The number of pyridine rings is 1. The van der Waals surface area contributed by atoms with Crippen molar-refractivity contribution in [3.8, 4) is 5.75 Å². The standard InChI is InChI=1S/C28H40N2O4S/c1-34-22-8-9-26-25(18-22)24(12-14-29-26)27(31)10-6-20-13-15-30(19-21(20)7-11-28(32)33)16-17-35-23-4-2-3-5-23/h8-9,12,14,18,20-21,23,27,31H,2-7,10-11,13,15-17,19H2,1H3,(H,32,33)/t20-,21-,27-/m1/s1. The highest BCUT2D eigenvalue weighted by Gasteiger charge is 2.30. The monoisotopic (exact) mass is 500 g/mol. The average molecular weight is 501 g/mol. The molecule has 2 fully saturated rings. The van der Waals surface area contributed by atoms with E-state index in [1.54, 1.807) is 13.3 Å². The number of carboxylic acids is 1. The molecular formula is C28H40N2O4S. The molecule has 2 aliphatic rings. The van der Waals surface area contributed by atoms with Crippen molar-refractivity contribution in [1.29, 1.82) is 0 Å². The van der Waals surface area contributed by atoms with E-state index in [0.717, 1.165) is 66.4 Å². The number of rotatable bonds is 12. The zero-order valence-electron chi connectivity index (χ0n) is 20.9. The van der Waals surface area contributed by atoms with Crippen molar-refractivity contribution in [3.63, 3.8) is 0 Å². The van der Waals surface area contributed by atoms with Gasteiger partial charge in [0.05, 0.1) is 18.7 Å². The number of benzene rings is 1. The van der Waals surface area contributed by atoms with Crippen LogP contribution in [0.2, 0.25) is 0 Å². The first-order valence-corrected chi connectivity index (χ1v) is 14.2. The number of hydrogen-bond donors (Lipinski definition) is 2. The summed E-state index contributed by atoms with van der Waals surface area (Å²) in [4.78, 5) is 18.3. The average Bonchev–Trinajstić information content (AvgIpc) is 3.39. The summed E-state index contributed by atoms with van der Waals surface area (Å²) in [6.45, 7) is 3.16. The summed E-state index contributed by atoms with van der Waals surface area (Å²) in [6.07, 6.45) is 10.3. The number of aliphatic carboxylic acids is 1. The van der Waals surface area contributed by atoms with Crippen LogP contribution in [0, 0.1) is 11.8 Å². The lowest BCUT2D eigenvalue weighted by Gasteiger charge is -2.39. The molecule has 2 N–H and O–H groups in total. The van der Waals surface area contributed by atoms with E-state index >= 15 is 0 Å². The van der Waals surface area contributed by atoms with E-state index in [1.165, 1.54) is 31.4 Å². The molecule has 2 heterocycles. The maximum Gasteiger partial charge on any atom is 0.303 e. The fraction of sp³-hybridized carbons (Fsp3) is 0.643. The van der Waals surface area contributed by atoms with Crippen LogP contribution >= 0.6 is 11.8 Å². The van der Waals surface area contributed by atoms with Gasteiger partial charge in [-0.2, -0.15) is 11.8 Å². The molecule has 3 atom stereocenters. The number of fused-ring (bicyclic) bond motifs is 1. The number of aromatic nitrogens is 1. The van der Waals surface area contributed by atoms with Crippen molar-refractivity contribution in [2.75, 3.05) is 32.5 Å². The van der Waals surface area contributed by atoms with Crippen LogP contribution in [0.1, 0.15) is 69.5 Å². The normalized spacial score (nSPS) is 22.5. The first-order valence-electron chi connectivity index (χ1n) is 13.2. The van der Waals surface area contributed by atoms with Crippen LogP contribution in [0.5, 0.6) is 5.75 Å². The maximum atomic E-state index is 11.3. The van der Waals surface area contributed by atoms with Crippen molar-refractivity contribution in [2.45, 2.75) is 69.1 Å². The number of aliphatic hydroxyl groups is 1. The van der Waals surface area contributed by atoms with Gasteiger partial charge in [-0.25, -0.2) is 0 Å². The molecule has 1 aromatic heterocycles. The van der Waals surface area contributed by atoms with Crippen molar-refractivity contribution in [1.82, 2.24) is 9.88 Å². The van der Waals surface area contributed by atoms with Crippen LogP contribution in [0.3, 0.4) is 0 Å². The second kappa shape index (κ2) is 12.9. The van der Waals surface area contributed by atoms with Crippen LogP contribution in [-0.4, -0.2) is 63.8 Å². The van der Waals surface area contributed by atoms with E-state index in [2.05, 4.69) is 21.6 Å². The van der Waals surface area contributed by atoms with Gasteiger partial charge in [0.15, 0.2) is 0 Å². The first-order chi connectivity index (χ1) is 17.0. The third kappa shape index (κ3) is 7.34. The Labute approximate surface area is 213 Å². The molecule has 1 aromatic carbocycles. The molecular weight excluding hydrogens is 460 g/mol. The number of thioether (sulfide) groups is 1. The van der Waals surface area contributed by atoms with Crippen LogP contribution in [-0.2, 0) is 4.79 Å². The van der Waals surface area contributed by atoms with Gasteiger partial charge in [-0.1, -0.05) is 12.8 Å². The lowest BCUT2D eigenvalue weighted by Crippen LogP contribution is -2.42. The number of likely N-dealkylation sites (tertiary alicyclic amines) is 1. The van der Waals surface area contributed by atoms with Gasteiger partial charge in [-0.3, -0.25) is 9.78 Å². The summed E-state index contributed by atoms with van der Waals surface area (Å²) >= 11 is 2.13. The van der Waals surface area contributed by atoms with Gasteiger partial charge in [0, 0.05) is 42.1 Å². The lowest BCUT2D eigenvalue weighted by molar-refractivity contribution is -0.137. The van der Waals surface area contributed by atoms with Gasteiger partial charge < -0.3 is 19.8 Å². The number of methoxy groups -OCH3 is 1. The molecule has 1 aliphatic heterocycles. The van der Waals surface area contributed by atoms with Crippen molar-refractivity contribution < 1.29 is 19.7 Å². The van der Waals surface area contributed by atoms with Crippen molar-refractivity contribution in [3.05, 3.63) is 36.0 Å². The third-order valence-electron chi connectivity index (χ3n) is 7.92. The van der Waals surface area contributed by atoms with Gasteiger partial charge in [0.2, 0.25) is 0 Å². The molecule has 2 aromatic rings. The molecule has 1 saturated carbocycles. The third-order valence-corrected chi connectivity index (χ3v) is 9.28. The smallest absolute Gasteiger partial charge is 0.303 e. The Balaban J connectivity index is 1.34. The lowest BCUT2D eigenvalue weighted by atomic mass is 9.79. The second-order valence-corrected chi connectivity index (χ2v) is 11.6. The van der Waals surface area contributed by atoms with E-state index in [0.29, 0.717) is 18.3 Å². The van der Waals surface area contributed by atoms with E-state index in [4.69, 9.17) is 4.74 Å². The molecule has 0 radical (unpaired) electrons. The minimum atomic E-state index is -0.713. The van der Waals surface area contributed by atoms with Gasteiger partial charge >= 0.3 is 5.97 Å². The molecule has 0 amide bonds. The molecule has 6 nitrogen and oxygen atoms in total. The van der Waals surface area contributed by atoms with Crippen LogP contribution in [0.25, 0.3) is 10.9 Å². The highest BCUT2D eigenvalue weighted by Crippen LogP contribution is 2.36. The molecule has 0 unspecified atom stereocenters. The van der Waals surface area contributed by atoms with Gasteiger partial charge in [0.25, 0.3) is 0 Å². The number of ether oxygens (including phenoxy) is 1. The zero-order chi connectivity index (χ0) is 24.6. The Bertz CT molecular complexity index is 965. The first kappa shape index (κ1) is 26.2. The van der Waals surface area contributed by atoms with Crippen molar-refractivity contribution in [2.24, 2.45) is 11.8 Å². The number of nitrogens with zero attached hydrogens (tertiary/aromatic N) is 2. The minimum Gasteiger partial charge on any atom is -0.497 e. The number of carboxylic acid groups (broad SMARTS) is 1. The molecule has 1 aliphatic carbocycles. The van der Waals surface area contributed by atoms with Crippen LogP contribution in [0.4, 0.5) is 0 Å². The fourth-order valence-corrected chi connectivity index (χ4v) is 7.23. The molecule has 192 valence electrons. The predicted octanol–water partition coefficient (Wildman–Crippen LogP) is 5.54. The summed E-state index contributed by atoms with van der Waals surface area (Å²) in [7, 11) is 1.64. The van der Waals surface area contributed by atoms with E-state index < -0.39 is 12.1 Å². The molecule has 1 saturated heterocycles. The van der Waals surface area contributed by atoms with E-state index in [1.807, 2.05) is 24.3 Å². The Hall–Kier alpha value is -1.83. The highest BCUT2D eigenvalue weighted by molar-refractivity contribution is 7.99. The predicted molar refractivity (Wildman–Crippen MR) is 142 cm³/mol. The number of carbonyl (C=O) groups is 1. The largest absolute Gasteiger partial charge is 0.497 e. The minimum absolute atomic E-state index is 0.225. The second-order valence-electron chi connectivity index (χ2n) is 10.2. The van der Waals surface area contributed by atoms with Crippen molar-refractivity contribution >= 4 is 28.6 Å². The number of hydrogen-bond acceptors (Lipinski definition) is 6. The molecule has 0 bridgehead atoms. The maximum absolute atomic E-state index is 11.3. The molecule has 7 heteroatoms. The Morgan fingerprint density at radius 1 is 1.20 bits per heavy atom. The topological polar surface area (TPSA) is 82.9 Å². The Kier molecular flexibility index (Phi) is 9.69. The van der Waals surface area contributed by atoms with Gasteiger partial charge in [-0.05, 0) is 86.7 Å². The molecule has 0 spiro atoms. The summed E-state index contributed by atoms with van der Waals surface area (Å²) in [5.41, 5.74) is 1.74. The van der Waals surface area contributed by atoms with Crippen LogP contribution in [0.15, 0.2) is 30.5 Å². The van der Waals surface area contributed by atoms with Gasteiger partial charge in [-0.15, -0.1) is 0 Å². The highest BCUT2D eigenvalue weighted by atomic mass is 32.2. The zero-order valence-corrected chi connectivity index (χ0v) is 21.7. The number of piperidine rings is 1. The van der Waals surface area contributed by atoms with E-state index in [9.17, 15) is 15.0 Å². The molecule has 4 rings (SSSR count). The van der Waals surface area contributed by atoms with Crippen LogP contribution < -0.4 is 4.74 Å². The Morgan fingerprint density at radius 3 is 2.80 bits per heavy atom. The summed E-state index contributed by atoms with van der Waals surface area (Å²) < 4.78 is 5.38. The number of aliphatic hydroxyl groups excluding tert-OH is 1. The summed E-state index contributed by atoms with van der Waals surface area (Å²) in [6, 6.07) is 7.66. The SMILES string of the molecule is COc1ccc2nccc([C@H](O)CC[C@@H]3CCN(CCSC4CCCC4)C[C@H]3CCC(=O)O)c2c1. The summed E-state index contributed by atoms with van der Waals surface area (Å²) in [5.74, 6) is 2.04. The summed E-state index contributed by atoms with van der Waals surface area (Å²) in [5, 5.41) is 22.2. The Morgan fingerprint density at radius 2 is 2.03 bits per heavy atom.